The van der Waals surface area contributed by atoms with Gasteiger partial charge in [-0.3, -0.25) is 4.79 Å². The fourth-order valence-corrected chi connectivity index (χ4v) is 3.23. The van der Waals surface area contributed by atoms with E-state index in [4.69, 9.17) is 0 Å². The Morgan fingerprint density at radius 2 is 2.15 bits per heavy atom. The number of benzene rings is 1. The van der Waals surface area contributed by atoms with Crippen molar-refractivity contribution < 1.29 is 9.90 Å². The summed E-state index contributed by atoms with van der Waals surface area (Å²) in [6, 6.07) is 5.73. The van der Waals surface area contributed by atoms with Crippen molar-refractivity contribution in [2.24, 2.45) is 5.92 Å². The summed E-state index contributed by atoms with van der Waals surface area (Å²) in [5, 5.41) is 12.7. The van der Waals surface area contributed by atoms with Crippen LogP contribution in [0.4, 0.5) is 0 Å². The molecule has 1 aromatic carbocycles. The summed E-state index contributed by atoms with van der Waals surface area (Å²) in [5.74, 6) is 1.70. The molecule has 0 radical (unpaired) electrons. The highest BCUT2D eigenvalue weighted by Gasteiger charge is 2.24. The van der Waals surface area contributed by atoms with E-state index in [1.54, 1.807) is 6.07 Å². The number of carbonyl (C=O) groups is 1. The molecule has 0 aliphatic heterocycles. The summed E-state index contributed by atoms with van der Waals surface area (Å²) in [6.45, 7) is 0.755. The van der Waals surface area contributed by atoms with Gasteiger partial charge >= 0.3 is 0 Å². The molecule has 108 valence electrons. The molecular formula is C17H23NO2. The average Bonchev–Trinajstić information content (AvgIpc) is 3.23. The molecule has 0 bridgehead atoms. The van der Waals surface area contributed by atoms with E-state index >= 15 is 0 Å². The Balaban J connectivity index is 1.53. The maximum atomic E-state index is 11.7. The highest BCUT2D eigenvalue weighted by Crippen LogP contribution is 2.35. The molecule has 3 nitrogen and oxygen atoms in total. The molecule has 2 aliphatic carbocycles. The van der Waals surface area contributed by atoms with Gasteiger partial charge in [0.25, 0.3) is 0 Å². The molecule has 0 heterocycles. The van der Waals surface area contributed by atoms with Crippen molar-refractivity contribution in [1.82, 2.24) is 5.32 Å². The molecule has 0 saturated heterocycles. The lowest BCUT2D eigenvalue weighted by Gasteiger charge is -2.25. The van der Waals surface area contributed by atoms with E-state index < -0.39 is 0 Å². The molecule has 0 spiro atoms. The van der Waals surface area contributed by atoms with Gasteiger partial charge in [-0.15, -0.1) is 0 Å². The van der Waals surface area contributed by atoms with Gasteiger partial charge in [-0.1, -0.05) is 6.07 Å². The van der Waals surface area contributed by atoms with Crippen LogP contribution in [0.5, 0.6) is 5.75 Å². The topological polar surface area (TPSA) is 49.3 Å². The van der Waals surface area contributed by atoms with Crippen molar-refractivity contribution in [1.29, 1.82) is 0 Å². The van der Waals surface area contributed by atoms with Crippen LogP contribution in [0.1, 0.15) is 55.6 Å². The van der Waals surface area contributed by atoms with Crippen molar-refractivity contribution in [2.45, 2.75) is 50.9 Å². The second-order valence-corrected chi connectivity index (χ2v) is 6.26. The van der Waals surface area contributed by atoms with Crippen molar-refractivity contribution in [3.63, 3.8) is 0 Å². The van der Waals surface area contributed by atoms with Crippen molar-refractivity contribution >= 4 is 5.91 Å². The predicted octanol–water partition coefficient (Wildman–Crippen LogP) is 3.12. The first-order valence-corrected chi connectivity index (χ1v) is 7.81. The monoisotopic (exact) mass is 273 g/mol. The van der Waals surface area contributed by atoms with E-state index in [1.807, 2.05) is 12.1 Å². The Hall–Kier alpha value is -1.51. The van der Waals surface area contributed by atoms with Crippen molar-refractivity contribution in [2.75, 3.05) is 6.54 Å². The molecule has 3 heteroatoms. The van der Waals surface area contributed by atoms with Crippen LogP contribution in [0, 0.1) is 5.92 Å². The number of fused-ring (bicyclic) bond motifs is 1. The largest absolute Gasteiger partial charge is 0.508 e. The quantitative estimate of drug-likeness (QED) is 0.866. The summed E-state index contributed by atoms with van der Waals surface area (Å²) in [6.07, 6.45) is 7.62. The van der Waals surface area contributed by atoms with Gasteiger partial charge in [0.15, 0.2) is 0 Å². The second-order valence-electron chi connectivity index (χ2n) is 6.26. The smallest absolute Gasteiger partial charge is 0.220 e. The fourth-order valence-electron chi connectivity index (χ4n) is 3.23. The van der Waals surface area contributed by atoms with E-state index in [0.717, 1.165) is 25.8 Å². The van der Waals surface area contributed by atoms with Crippen molar-refractivity contribution in [3.05, 3.63) is 29.3 Å². The Labute approximate surface area is 120 Å². The average molecular weight is 273 g/mol. The molecule has 0 aromatic heterocycles. The number of phenolic OH excluding ortho intramolecular Hbond substituents is 1. The third kappa shape index (κ3) is 3.33. The van der Waals surface area contributed by atoms with E-state index in [1.165, 1.54) is 30.4 Å². The second kappa shape index (κ2) is 5.86. The Morgan fingerprint density at radius 1 is 1.30 bits per heavy atom. The van der Waals surface area contributed by atoms with Crippen LogP contribution in [0.25, 0.3) is 0 Å². The van der Waals surface area contributed by atoms with E-state index in [9.17, 15) is 9.90 Å². The van der Waals surface area contributed by atoms with Crippen LogP contribution in [0.3, 0.4) is 0 Å². The van der Waals surface area contributed by atoms with E-state index in [2.05, 4.69) is 5.32 Å². The minimum atomic E-state index is 0.208. The molecule has 2 N–H and O–H groups in total. The molecule has 20 heavy (non-hydrogen) atoms. The van der Waals surface area contributed by atoms with Gasteiger partial charge in [0.05, 0.1) is 0 Å². The summed E-state index contributed by atoms with van der Waals surface area (Å²) in [5.41, 5.74) is 2.65. The maximum Gasteiger partial charge on any atom is 0.220 e. The number of carbonyl (C=O) groups excluding carboxylic acids is 1. The molecule has 1 fully saturated rings. The molecule has 1 atom stereocenters. The third-order valence-corrected chi connectivity index (χ3v) is 4.55. The Bertz CT molecular complexity index is 494. The zero-order valence-corrected chi connectivity index (χ0v) is 11.9. The van der Waals surface area contributed by atoms with Gasteiger partial charge in [0, 0.05) is 13.0 Å². The van der Waals surface area contributed by atoms with Crippen LogP contribution in [-0.4, -0.2) is 17.6 Å². The minimum Gasteiger partial charge on any atom is -0.508 e. The summed E-state index contributed by atoms with van der Waals surface area (Å²) in [4.78, 5) is 11.7. The first kappa shape index (κ1) is 13.5. The van der Waals surface area contributed by atoms with Gasteiger partial charge in [-0.05, 0) is 73.6 Å². The lowest BCUT2D eigenvalue weighted by molar-refractivity contribution is -0.121. The number of hydrogen-bond acceptors (Lipinski definition) is 2. The lowest BCUT2D eigenvalue weighted by Crippen LogP contribution is -2.26. The number of hydrogen-bond donors (Lipinski definition) is 2. The van der Waals surface area contributed by atoms with Gasteiger partial charge in [-0.25, -0.2) is 0 Å². The summed E-state index contributed by atoms with van der Waals surface area (Å²) >= 11 is 0. The predicted molar refractivity (Wildman–Crippen MR) is 78.8 cm³/mol. The summed E-state index contributed by atoms with van der Waals surface area (Å²) < 4.78 is 0. The first-order valence-electron chi connectivity index (χ1n) is 7.81. The zero-order chi connectivity index (χ0) is 13.9. The van der Waals surface area contributed by atoms with Crippen LogP contribution < -0.4 is 5.32 Å². The Kier molecular flexibility index (Phi) is 3.95. The van der Waals surface area contributed by atoms with Gasteiger partial charge < -0.3 is 10.4 Å². The van der Waals surface area contributed by atoms with Crippen molar-refractivity contribution in [3.8, 4) is 5.75 Å². The van der Waals surface area contributed by atoms with Crippen LogP contribution in [0.15, 0.2) is 18.2 Å². The highest BCUT2D eigenvalue weighted by molar-refractivity contribution is 5.76. The number of aromatic hydroxyl groups is 1. The Morgan fingerprint density at radius 3 is 2.95 bits per heavy atom. The third-order valence-electron chi connectivity index (χ3n) is 4.55. The number of rotatable bonds is 5. The number of nitrogens with one attached hydrogen (secondary N) is 1. The molecule has 1 unspecified atom stereocenters. The first-order chi connectivity index (χ1) is 9.72. The van der Waals surface area contributed by atoms with Gasteiger partial charge in [-0.2, -0.15) is 0 Å². The zero-order valence-electron chi connectivity index (χ0n) is 11.9. The number of phenols is 1. The molecule has 1 aromatic rings. The van der Waals surface area contributed by atoms with Crippen LogP contribution in [0.2, 0.25) is 0 Å². The minimum absolute atomic E-state index is 0.208. The molecular weight excluding hydrogens is 250 g/mol. The van der Waals surface area contributed by atoms with E-state index in [-0.39, 0.29) is 5.91 Å². The fraction of sp³-hybridized carbons (Fsp3) is 0.588. The standard InChI is InChI=1S/C17H23NO2/c19-15-7-6-13-2-1-3-14(16(13)11-15)8-9-18-17(20)10-12-4-5-12/h6-7,11-12,14,19H,1-5,8-10H2,(H,18,20). The van der Waals surface area contributed by atoms with E-state index in [0.29, 0.717) is 24.0 Å². The lowest BCUT2D eigenvalue weighted by atomic mass is 9.81. The summed E-state index contributed by atoms with van der Waals surface area (Å²) in [7, 11) is 0. The van der Waals surface area contributed by atoms with Gasteiger partial charge in [0.2, 0.25) is 5.91 Å². The molecule has 1 amide bonds. The van der Waals surface area contributed by atoms with Crippen LogP contribution in [-0.2, 0) is 11.2 Å². The molecule has 3 rings (SSSR count). The maximum absolute atomic E-state index is 11.7. The normalized spacial score (nSPS) is 21.3. The highest BCUT2D eigenvalue weighted by atomic mass is 16.3. The van der Waals surface area contributed by atoms with Crippen LogP contribution >= 0.6 is 0 Å². The molecule has 1 saturated carbocycles. The van der Waals surface area contributed by atoms with Gasteiger partial charge in [0.1, 0.15) is 5.75 Å². The number of aryl methyl sites for hydroxylation is 1. The number of amides is 1. The SMILES string of the molecule is O=C(CC1CC1)NCCC1CCCc2ccc(O)cc21. The molecule has 2 aliphatic rings.